The van der Waals surface area contributed by atoms with Crippen molar-refractivity contribution in [2.75, 3.05) is 24.5 Å². The Morgan fingerprint density at radius 1 is 1.26 bits per heavy atom. The van der Waals surface area contributed by atoms with Gasteiger partial charge in [-0.05, 0) is 51.5 Å². The number of nitrogens with zero attached hydrogens (tertiary/aromatic N) is 2. The Bertz CT molecular complexity index is 1270. The Morgan fingerprint density at radius 2 is 1.92 bits per heavy atom. The van der Waals surface area contributed by atoms with Gasteiger partial charge in [-0.25, -0.2) is 9.18 Å². The summed E-state index contributed by atoms with van der Waals surface area (Å²) in [6.45, 7) is 3.57. The van der Waals surface area contributed by atoms with Gasteiger partial charge in [0.2, 0.25) is 5.43 Å². The third-order valence-corrected chi connectivity index (χ3v) is 6.96. The topological polar surface area (TPSA) is 208 Å². The molecule has 4 rings (SSSR count). The second kappa shape index (κ2) is 12.2. The Balaban J connectivity index is 0.000000284. The predicted molar refractivity (Wildman–Crippen MR) is 140 cm³/mol. The maximum atomic E-state index is 15.0. The van der Waals surface area contributed by atoms with Gasteiger partial charge in [0, 0.05) is 42.8 Å². The van der Waals surface area contributed by atoms with Crippen molar-refractivity contribution in [3.8, 4) is 0 Å². The SMILES string of the molecule is CC1CCc2c(N3CCC(O)CC3)c(F)cc3c(=O)c(C(=O)O)cn1c23.N=C(N)NCCC[C@H](N)C(=O)O. The number of nitrogens with two attached hydrogens (primary N) is 2. The van der Waals surface area contributed by atoms with Crippen LogP contribution in [-0.4, -0.2) is 69.6 Å². The van der Waals surface area contributed by atoms with Gasteiger partial charge in [-0.2, -0.15) is 0 Å². The zero-order valence-electron chi connectivity index (χ0n) is 21.2. The lowest BCUT2D eigenvalue weighted by Gasteiger charge is -2.36. The van der Waals surface area contributed by atoms with Gasteiger partial charge in [0.05, 0.1) is 17.3 Å². The second-order valence-corrected chi connectivity index (χ2v) is 9.70. The highest BCUT2D eigenvalue weighted by molar-refractivity contribution is 5.95. The van der Waals surface area contributed by atoms with Crippen LogP contribution in [0.1, 0.15) is 61.0 Å². The molecule has 0 spiro atoms. The van der Waals surface area contributed by atoms with Gasteiger partial charge in [0.25, 0.3) is 0 Å². The number of carbonyl (C=O) groups is 2. The Hall–Kier alpha value is -3.71. The lowest BCUT2D eigenvalue weighted by Crippen LogP contribution is -2.37. The van der Waals surface area contributed by atoms with E-state index in [1.807, 2.05) is 11.8 Å². The van der Waals surface area contributed by atoms with Crippen LogP contribution in [0.5, 0.6) is 0 Å². The fourth-order valence-corrected chi connectivity index (χ4v) is 4.89. The molecule has 1 aromatic heterocycles. The lowest BCUT2D eigenvalue weighted by atomic mass is 9.93. The molecule has 0 radical (unpaired) electrons. The molecule has 12 nitrogen and oxygen atoms in total. The average Bonchev–Trinajstić information content (AvgIpc) is 2.85. The van der Waals surface area contributed by atoms with E-state index in [9.17, 15) is 24.6 Å². The molecule has 1 saturated heterocycles. The molecule has 0 amide bonds. The molecule has 0 aliphatic carbocycles. The summed E-state index contributed by atoms with van der Waals surface area (Å²) in [6.07, 6.45) is 4.55. The largest absolute Gasteiger partial charge is 0.480 e. The van der Waals surface area contributed by atoms with Gasteiger partial charge in [0.1, 0.15) is 17.4 Å². The van der Waals surface area contributed by atoms with E-state index < -0.39 is 29.2 Å². The van der Waals surface area contributed by atoms with Crippen molar-refractivity contribution in [2.24, 2.45) is 11.5 Å². The maximum Gasteiger partial charge on any atom is 0.341 e. The number of hydrogen-bond donors (Lipinski definition) is 7. The molecule has 38 heavy (non-hydrogen) atoms. The van der Waals surface area contributed by atoms with Crippen molar-refractivity contribution < 1.29 is 29.3 Å². The molecule has 1 fully saturated rings. The third kappa shape index (κ3) is 6.40. The summed E-state index contributed by atoms with van der Waals surface area (Å²) in [5.41, 5.74) is 11.1. The molecule has 0 saturated carbocycles. The number of anilines is 1. The number of aryl methyl sites for hydroxylation is 1. The molecule has 3 heterocycles. The number of halogens is 1. The number of carboxylic acid groups (broad SMARTS) is 2. The molecule has 208 valence electrons. The summed E-state index contributed by atoms with van der Waals surface area (Å²) in [5, 5.41) is 36.9. The van der Waals surface area contributed by atoms with Crippen LogP contribution in [0.4, 0.5) is 10.1 Å². The number of guanidine groups is 1. The fraction of sp³-hybridized carbons (Fsp3) is 0.520. The Kier molecular flexibility index (Phi) is 9.28. The van der Waals surface area contributed by atoms with Gasteiger partial charge >= 0.3 is 11.9 Å². The number of nitrogens with one attached hydrogen (secondary N) is 2. The molecule has 13 heteroatoms. The van der Waals surface area contributed by atoms with Crippen LogP contribution < -0.4 is 27.1 Å². The molecular weight excluding hydrogens is 499 g/mol. The standard InChI is InChI=1S/C19H21FN2O4.C6H14N4O2/c1-10-2-3-12-16-13(18(24)14(19(25)26)9-22(10)16)8-15(20)17(12)21-6-4-11(23)5-7-21;7-4(5(11)12)2-1-3-10-6(8)9/h8-11,23H,2-7H2,1H3,(H,25,26);4H,1-3,7H2,(H,11,12)(H4,8,9,10)/t;4-/m.0/s1. The summed E-state index contributed by atoms with van der Waals surface area (Å²) in [4.78, 5) is 36.2. The number of aromatic nitrogens is 1. The number of aromatic carboxylic acids is 1. The number of hydrogen-bond acceptors (Lipinski definition) is 7. The van der Waals surface area contributed by atoms with Crippen LogP contribution in [0, 0.1) is 11.2 Å². The van der Waals surface area contributed by atoms with Gasteiger partial charge in [0.15, 0.2) is 5.96 Å². The highest BCUT2D eigenvalue weighted by Gasteiger charge is 2.30. The minimum Gasteiger partial charge on any atom is -0.480 e. The van der Waals surface area contributed by atoms with Crippen molar-refractivity contribution in [1.29, 1.82) is 5.41 Å². The average molecular weight is 535 g/mol. The molecule has 9 N–H and O–H groups in total. The van der Waals surface area contributed by atoms with E-state index >= 15 is 4.39 Å². The number of aliphatic carboxylic acids is 1. The first kappa shape index (κ1) is 28.9. The molecule has 0 bridgehead atoms. The summed E-state index contributed by atoms with van der Waals surface area (Å²) in [5.74, 6) is -2.91. The van der Waals surface area contributed by atoms with E-state index in [1.165, 1.54) is 12.3 Å². The monoisotopic (exact) mass is 534 g/mol. The van der Waals surface area contributed by atoms with Gasteiger partial charge in [-0.3, -0.25) is 15.0 Å². The van der Waals surface area contributed by atoms with E-state index in [2.05, 4.69) is 5.32 Å². The van der Waals surface area contributed by atoms with Gasteiger partial charge in [-0.15, -0.1) is 0 Å². The lowest BCUT2D eigenvalue weighted by molar-refractivity contribution is -0.138. The molecule has 2 aliphatic rings. The molecule has 2 aromatic rings. The number of piperidine rings is 1. The first-order valence-electron chi connectivity index (χ1n) is 12.5. The second-order valence-electron chi connectivity index (χ2n) is 9.70. The van der Waals surface area contributed by atoms with E-state index in [0.29, 0.717) is 62.9 Å². The zero-order chi connectivity index (χ0) is 28.1. The summed E-state index contributed by atoms with van der Waals surface area (Å²) >= 11 is 0. The normalized spacial score (nSPS) is 17.9. The van der Waals surface area contributed by atoms with E-state index in [-0.39, 0.29) is 29.1 Å². The highest BCUT2D eigenvalue weighted by Crippen LogP contribution is 2.38. The highest BCUT2D eigenvalue weighted by atomic mass is 19.1. The van der Waals surface area contributed by atoms with Crippen molar-refractivity contribution in [3.05, 3.63) is 39.4 Å². The van der Waals surface area contributed by atoms with Gasteiger partial charge < -0.3 is 41.6 Å². The smallest absolute Gasteiger partial charge is 0.341 e. The summed E-state index contributed by atoms with van der Waals surface area (Å²) < 4.78 is 16.8. The molecule has 2 aliphatic heterocycles. The molecular formula is C25H35FN6O6. The predicted octanol–water partition coefficient (Wildman–Crippen LogP) is 0.969. The maximum absolute atomic E-state index is 15.0. The first-order chi connectivity index (χ1) is 17.9. The Morgan fingerprint density at radius 3 is 2.50 bits per heavy atom. The van der Waals surface area contributed by atoms with Crippen molar-refractivity contribution in [3.63, 3.8) is 0 Å². The van der Waals surface area contributed by atoms with Crippen molar-refractivity contribution >= 4 is 34.5 Å². The molecule has 2 atom stereocenters. The first-order valence-corrected chi connectivity index (χ1v) is 12.5. The number of benzene rings is 1. The number of pyridine rings is 1. The van der Waals surface area contributed by atoms with E-state index in [1.54, 1.807) is 4.57 Å². The number of rotatable bonds is 7. The van der Waals surface area contributed by atoms with Crippen LogP contribution >= 0.6 is 0 Å². The van der Waals surface area contributed by atoms with Crippen LogP contribution in [0.15, 0.2) is 17.1 Å². The minimum absolute atomic E-state index is 0.0326. The van der Waals surface area contributed by atoms with Crippen molar-refractivity contribution in [2.45, 2.75) is 63.6 Å². The zero-order valence-corrected chi connectivity index (χ0v) is 21.2. The minimum atomic E-state index is -1.30. The fourth-order valence-electron chi connectivity index (χ4n) is 4.89. The molecule has 1 aromatic carbocycles. The van der Waals surface area contributed by atoms with Crippen LogP contribution in [-0.2, 0) is 11.2 Å². The van der Waals surface area contributed by atoms with Crippen LogP contribution in [0.3, 0.4) is 0 Å². The van der Waals surface area contributed by atoms with Crippen LogP contribution in [0.25, 0.3) is 10.9 Å². The van der Waals surface area contributed by atoms with Gasteiger partial charge in [-0.1, -0.05) is 0 Å². The van der Waals surface area contributed by atoms with Crippen molar-refractivity contribution in [1.82, 2.24) is 9.88 Å². The van der Waals surface area contributed by atoms with E-state index in [0.717, 1.165) is 12.0 Å². The molecule has 1 unspecified atom stereocenters. The third-order valence-electron chi connectivity index (χ3n) is 6.96. The van der Waals surface area contributed by atoms with Crippen LogP contribution in [0.2, 0.25) is 0 Å². The quantitative estimate of drug-likeness (QED) is 0.152. The Labute approximate surface area is 218 Å². The summed E-state index contributed by atoms with van der Waals surface area (Å²) in [7, 11) is 0. The number of aliphatic hydroxyl groups excluding tert-OH is 1. The number of carboxylic acids is 2. The number of aliphatic hydroxyl groups is 1. The summed E-state index contributed by atoms with van der Waals surface area (Å²) in [6, 6.07) is 0.395. The van der Waals surface area contributed by atoms with E-state index in [4.69, 9.17) is 22.0 Å².